The van der Waals surface area contributed by atoms with Gasteiger partial charge in [0, 0.05) is 10.4 Å². The first kappa shape index (κ1) is 16.0. The van der Waals surface area contributed by atoms with Crippen LogP contribution in [0.5, 0.6) is 5.75 Å². The SMILES string of the molecule is Cc1cccc(OCCC(=O)NC(C)(C)C(C)Br)c1. The molecule has 1 amide bonds. The van der Waals surface area contributed by atoms with Crippen molar-refractivity contribution in [3.63, 3.8) is 0 Å². The van der Waals surface area contributed by atoms with Crippen molar-refractivity contribution in [2.75, 3.05) is 6.61 Å². The number of amides is 1. The Morgan fingerprint density at radius 3 is 2.74 bits per heavy atom. The third-order valence-corrected chi connectivity index (χ3v) is 4.19. The van der Waals surface area contributed by atoms with Gasteiger partial charge in [-0.05, 0) is 38.5 Å². The molecule has 0 fully saturated rings. The minimum atomic E-state index is -0.263. The molecule has 0 radical (unpaired) electrons. The summed E-state index contributed by atoms with van der Waals surface area (Å²) in [6.07, 6.45) is 0.358. The molecule has 0 spiro atoms. The fourth-order valence-corrected chi connectivity index (χ4v) is 1.60. The minimum absolute atomic E-state index is 0.00366. The van der Waals surface area contributed by atoms with Crippen LogP contribution in [0.2, 0.25) is 0 Å². The van der Waals surface area contributed by atoms with Crippen molar-refractivity contribution < 1.29 is 9.53 Å². The molecule has 106 valence electrons. The Bertz CT molecular complexity index is 430. The number of alkyl halides is 1. The van der Waals surface area contributed by atoms with E-state index >= 15 is 0 Å². The monoisotopic (exact) mass is 327 g/mol. The van der Waals surface area contributed by atoms with Gasteiger partial charge in [0.25, 0.3) is 0 Å². The summed E-state index contributed by atoms with van der Waals surface area (Å²) >= 11 is 3.49. The van der Waals surface area contributed by atoms with Gasteiger partial charge in [-0.25, -0.2) is 0 Å². The lowest BCUT2D eigenvalue weighted by Gasteiger charge is -2.29. The van der Waals surface area contributed by atoms with Crippen LogP contribution in [0, 0.1) is 6.92 Å². The lowest BCUT2D eigenvalue weighted by Crippen LogP contribution is -2.49. The van der Waals surface area contributed by atoms with Gasteiger partial charge in [0.15, 0.2) is 0 Å². The highest BCUT2D eigenvalue weighted by Gasteiger charge is 2.25. The molecule has 19 heavy (non-hydrogen) atoms. The number of ether oxygens (including phenoxy) is 1. The van der Waals surface area contributed by atoms with Gasteiger partial charge in [-0.1, -0.05) is 35.0 Å². The second-order valence-corrected chi connectivity index (χ2v) is 6.67. The molecule has 0 heterocycles. The Balaban J connectivity index is 2.35. The number of aryl methyl sites for hydroxylation is 1. The highest BCUT2D eigenvalue weighted by molar-refractivity contribution is 9.09. The molecule has 4 heteroatoms. The van der Waals surface area contributed by atoms with E-state index in [0.717, 1.165) is 11.3 Å². The van der Waals surface area contributed by atoms with Crippen molar-refractivity contribution in [1.29, 1.82) is 0 Å². The Morgan fingerprint density at radius 2 is 2.16 bits per heavy atom. The van der Waals surface area contributed by atoms with Crippen LogP contribution in [0.1, 0.15) is 32.8 Å². The topological polar surface area (TPSA) is 38.3 Å². The van der Waals surface area contributed by atoms with Crippen molar-refractivity contribution in [3.05, 3.63) is 29.8 Å². The summed E-state index contributed by atoms with van der Waals surface area (Å²) in [5.74, 6) is 0.810. The molecule has 0 aliphatic heterocycles. The summed E-state index contributed by atoms with van der Waals surface area (Å²) < 4.78 is 5.56. The van der Waals surface area contributed by atoms with E-state index in [1.54, 1.807) is 0 Å². The maximum Gasteiger partial charge on any atom is 0.223 e. The van der Waals surface area contributed by atoms with Crippen LogP contribution in [0.15, 0.2) is 24.3 Å². The van der Waals surface area contributed by atoms with Crippen LogP contribution < -0.4 is 10.1 Å². The van der Waals surface area contributed by atoms with Gasteiger partial charge in [-0.15, -0.1) is 0 Å². The summed E-state index contributed by atoms with van der Waals surface area (Å²) in [6.45, 7) is 8.41. The highest BCUT2D eigenvalue weighted by atomic mass is 79.9. The molecular formula is C15H22BrNO2. The normalized spacial score (nSPS) is 12.9. The average Bonchev–Trinajstić information content (AvgIpc) is 2.28. The first-order valence-corrected chi connectivity index (χ1v) is 7.37. The van der Waals surface area contributed by atoms with E-state index in [1.807, 2.05) is 52.0 Å². The number of carbonyl (C=O) groups is 1. The molecule has 0 aliphatic rings. The molecule has 0 aliphatic carbocycles. The van der Waals surface area contributed by atoms with Crippen molar-refractivity contribution >= 4 is 21.8 Å². The Kier molecular flexibility index (Phi) is 5.85. The predicted octanol–water partition coefficient (Wildman–Crippen LogP) is 3.44. The second-order valence-electron chi connectivity index (χ2n) is 5.30. The van der Waals surface area contributed by atoms with Crippen LogP contribution in [0.4, 0.5) is 0 Å². The first-order valence-electron chi connectivity index (χ1n) is 6.46. The third kappa shape index (κ3) is 5.64. The maximum atomic E-state index is 11.8. The predicted molar refractivity (Wildman–Crippen MR) is 81.9 cm³/mol. The quantitative estimate of drug-likeness (QED) is 0.813. The molecule has 0 saturated heterocycles. The van der Waals surface area contributed by atoms with E-state index in [1.165, 1.54) is 0 Å². The standard InChI is InChI=1S/C15H22BrNO2/c1-11-6-5-7-13(10-11)19-9-8-14(18)17-15(3,4)12(2)16/h5-7,10,12H,8-9H2,1-4H3,(H,17,18). The van der Waals surface area contributed by atoms with E-state index < -0.39 is 0 Å². The van der Waals surface area contributed by atoms with Crippen molar-refractivity contribution in [2.45, 2.75) is 44.5 Å². The largest absolute Gasteiger partial charge is 0.493 e. The molecule has 1 aromatic rings. The van der Waals surface area contributed by atoms with E-state index in [9.17, 15) is 4.79 Å². The summed E-state index contributed by atoms with van der Waals surface area (Å²) in [7, 11) is 0. The number of nitrogens with one attached hydrogen (secondary N) is 1. The van der Waals surface area contributed by atoms with Crippen LogP contribution >= 0.6 is 15.9 Å². The lowest BCUT2D eigenvalue weighted by molar-refractivity contribution is -0.123. The van der Waals surface area contributed by atoms with Crippen LogP contribution in [0.25, 0.3) is 0 Å². The number of hydrogen-bond acceptors (Lipinski definition) is 2. The number of carbonyl (C=O) groups excluding carboxylic acids is 1. The third-order valence-electron chi connectivity index (χ3n) is 3.04. The van der Waals surface area contributed by atoms with Crippen LogP contribution in [-0.4, -0.2) is 22.9 Å². The smallest absolute Gasteiger partial charge is 0.223 e. The Hall–Kier alpha value is -1.03. The molecule has 1 rings (SSSR count). The van der Waals surface area contributed by atoms with Gasteiger partial charge in [0.1, 0.15) is 5.75 Å². The van der Waals surface area contributed by atoms with Gasteiger partial charge in [0.2, 0.25) is 5.91 Å². The van der Waals surface area contributed by atoms with Crippen LogP contribution in [0.3, 0.4) is 0 Å². The molecule has 0 aromatic heterocycles. The molecule has 1 atom stereocenters. The summed E-state index contributed by atoms with van der Waals surface area (Å²) in [4.78, 5) is 12.0. The van der Waals surface area contributed by atoms with Crippen LogP contribution in [-0.2, 0) is 4.79 Å². The molecule has 1 N–H and O–H groups in total. The van der Waals surface area contributed by atoms with E-state index in [-0.39, 0.29) is 16.3 Å². The van der Waals surface area contributed by atoms with Gasteiger partial charge in [-0.2, -0.15) is 0 Å². The zero-order valence-electron chi connectivity index (χ0n) is 12.0. The molecular weight excluding hydrogens is 306 g/mol. The molecule has 0 saturated carbocycles. The minimum Gasteiger partial charge on any atom is -0.493 e. The van der Waals surface area contributed by atoms with Crippen molar-refractivity contribution in [2.24, 2.45) is 0 Å². The number of benzene rings is 1. The molecule has 1 unspecified atom stereocenters. The number of hydrogen-bond donors (Lipinski definition) is 1. The highest BCUT2D eigenvalue weighted by Crippen LogP contribution is 2.17. The summed E-state index contributed by atoms with van der Waals surface area (Å²) in [5.41, 5.74) is 0.886. The van der Waals surface area contributed by atoms with Gasteiger partial charge >= 0.3 is 0 Å². The van der Waals surface area contributed by atoms with E-state index in [2.05, 4.69) is 21.2 Å². The van der Waals surface area contributed by atoms with E-state index in [0.29, 0.717) is 13.0 Å². The first-order chi connectivity index (χ1) is 8.81. The Morgan fingerprint density at radius 1 is 1.47 bits per heavy atom. The van der Waals surface area contributed by atoms with Crippen molar-refractivity contribution in [1.82, 2.24) is 5.32 Å². The number of halogens is 1. The molecule has 3 nitrogen and oxygen atoms in total. The zero-order chi connectivity index (χ0) is 14.5. The Labute approximate surface area is 123 Å². The van der Waals surface area contributed by atoms with Crippen molar-refractivity contribution in [3.8, 4) is 5.75 Å². The lowest BCUT2D eigenvalue weighted by atomic mass is 10.0. The van der Waals surface area contributed by atoms with Gasteiger partial charge < -0.3 is 10.1 Å². The second kappa shape index (κ2) is 6.94. The van der Waals surface area contributed by atoms with Gasteiger partial charge in [0.05, 0.1) is 13.0 Å². The van der Waals surface area contributed by atoms with Gasteiger partial charge in [-0.3, -0.25) is 4.79 Å². The zero-order valence-corrected chi connectivity index (χ0v) is 13.6. The fraction of sp³-hybridized carbons (Fsp3) is 0.533. The molecule has 1 aromatic carbocycles. The molecule has 0 bridgehead atoms. The summed E-state index contributed by atoms with van der Waals surface area (Å²) in [5, 5.41) is 2.99. The van der Waals surface area contributed by atoms with E-state index in [4.69, 9.17) is 4.74 Å². The number of rotatable bonds is 6. The summed E-state index contributed by atoms with van der Waals surface area (Å²) in [6, 6.07) is 7.82. The average molecular weight is 328 g/mol. The maximum absolute atomic E-state index is 11.8. The fourth-order valence-electron chi connectivity index (χ4n) is 1.49.